The highest BCUT2D eigenvalue weighted by Gasteiger charge is 2.32. The van der Waals surface area contributed by atoms with E-state index >= 15 is 0 Å². The Bertz CT molecular complexity index is 309. The van der Waals surface area contributed by atoms with Crippen LogP contribution in [0.1, 0.15) is 58.8 Å². The Morgan fingerprint density at radius 3 is 2.44 bits per heavy atom. The van der Waals surface area contributed by atoms with Crippen molar-refractivity contribution in [3.05, 3.63) is 12.2 Å². The van der Waals surface area contributed by atoms with Gasteiger partial charge in [0.1, 0.15) is 0 Å². The predicted molar refractivity (Wildman–Crippen MR) is 73.2 cm³/mol. The van der Waals surface area contributed by atoms with Crippen LogP contribution in [0.4, 0.5) is 0 Å². The maximum absolute atomic E-state index is 11.5. The number of esters is 1. The molecule has 2 heteroatoms. The molecule has 102 valence electrons. The Labute approximate surface area is 111 Å². The summed E-state index contributed by atoms with van der Waals surface area (Å²) in [6, 6.07) is 0. The first-order valence-corrected chi connectivity index (χ1v) is 7.41. The summed E-state index contributed by atoms with van der Waals surface area (Å²) in [5.41, 5.74) is 0.502. The summed E-state index contributed by atoms with van der Waals surface area (Å²) < 4.78 is 5.40. The van der Waals surface area contributed by atoms with Crippen molar-refractivity contribution >= 4 is 5.97 Å². The molecule has 0 radical (unpaired) electrons. The van der Waals surface area contributed by atoms with E-state index in [1.807, 2.05) is 6.92 Å². The van der Waals surface area contributed by atoms with Crippen molar-refractivity contribution in [3.8, 4) is 0 Å². The van der Waals surface area contributed by atoms with Gasteiger partial charge in [-0.05, 0) is 57.3 Å². The van der Waals surface area contributed by atoms with Gasteiger partial charge >= 0.3 is 5.97 Å². The van der Waals surface area contributed by atoms with Crippen LogP contribution in [0.5, 0.6) is 0 Å². The van der Waals surface area contributed by atoms with Gasteiger partial charge in [0.05, 0.1) is 6.10 Å². The van der Waals surface area contributed by atoms with E-state index in [-0.39, 0.29) is 12.1 Å². The van der Waals surface area contributed by atoms with E-state index in [0.29, 0.717) is 5.57 Å². The predicted octanol–water partition coefficient (Wildman–Crippen LogP) is 4.10. The Morgan fingerprint density at radius 1 is 1.28 bits per heavy atom. The Hall–Kier alpha value is -0.790. The standard InChI is InChI=1S/C16H26O2/c1-11(2)16(17)18-12(3)7-15-9-13-5-4-6-14(8-13)10-15/h12-15H,1,4-10H2,2-3H3. The number of ether oxygens (including phenoxy) is 1. The normalized spacial score (nSPS) is 32.7. The van der Waals surface area contributed by atoms with Crippen LogP contribution in [0.2, 0.25) is 0 Å². The van der Waals surface area contributed by atoms with E-state index in [0.717, 1.165) is 24.2 Å². The summed E-state index contributed by atoms with van der Waals surface area (Å²) in [5, 5.41) is 0. The summed E-state index contributed by atoms with van der Waals surface area (Å²) in [6.07, 6.45) is 9.51. The van der Waals surface area contributed by atoms with Crippen molar-refractivity contribution in [2.24, 2.45) is 17.8 Å². The second-order valence-electron chi connectivity index (χ2n) is 6.47. The van der Waals surface area contributed by atoms with E-state index in [1.54, 1.807) is 6.92 Å². The minimum atomic E-state index is -0.237. The molecule has 0 heterocycles. The average Bonchev–Trinajstić information content (AvgIpc) is 2.27. The van der Waals surface area contributed by atoms with Crippen molar-refractivity contribution in [2.75, 3.05) is 0 Å². The van der Waals surface area contributed by atoms with Gasteiger partial charge in [0.2, 0.25) is 0 Å². The Morgan fingerprint density at radius 2 is 1.89 bits per heavy atom. The third-order valence-corrected chi connectivity index (χ3v) is 4.55. The summed E-state index contributed by atoms with van der Waals surface area (Å²) in [7, 11) is 0. The van der Waals surface area contributed by atoms with Gasteiger partial charge in [-0.3, -0.25) is 0 Å². The monoisotopic (exact) mass is 250 g/mol. The summed E-state index contributed by atoms with van der Waals surface area (Å²) in [5.74, 6) is 2.43. The molecule has 0 spiro atoms. The first-order chi connectivity index (χ1) is 8.54. The van der Waals surface area contributed by atoms with Crippen molar-refractivity contribution < 1.29 is 9.53 Å². The van der Waals surface area contributed by atoms with Gasteiger partial charge < -0.3 is 4.74 Å². The molecule has 0 saturated heterocycles. The first-order valence-electron chi connectivity index (χ1n) is 7.41. The van der Waals surface area contributed by atoms with Crippen LogP contribution >= 0.6 is 0 Å². The van der Waals surface area contributed by atoms with Crippen LogP contribution in [0.25, 0.3) is 0 Å². The van der Waals surface area contributed by atoms with Gasteiger partial charge in [-0.25, -0.2) is 4.79 Å². The molecule has 2 bridgehead atoms. The topological polar surface area (TPSA) is 26.3 Å². The molecule has 0 aromatic carbocycles. The molecule has 0 amide bonds. The number of rotatable bonds is 4. The molecule has 2 aliphatic rings. The fraction of sp³-hybridized carbons (Fsp3) is 0.812. The van der Waals surface area contributed by atoms with Gasteiger partial charge in [0.15, 0.2) is 0 Å². The van der Waals surface area contributed by atoms with Crippen molar-refractivity contribution in [1.29, 1.82) is 0 Å². The van der Waals surface area contributed by atoms with E-state index < -0.39 is 0 Å². The summed E-state index contributed by atoms with van der Waals surface area (Å²) >= 11 is 0. The van der Waals surface area contributed by atoms with Crippen molar-refractivity contribution in [3.63, 3.8) is 0 Å². The highest BCUT2D eigenvalue weighted by molar-refractivity contribution is 5.87. The summed E-state index contributed by atoms with van der Waals surface area (Å²) in [4.78, 5) is 11.5. The number of fused-ring (bicyclic) bond motifs is 2. The number of carbonyl (C=O) groups excluding carboxylic acids is 1. The molecule has 2 fully saturated rings. The first kappa shape index (κ1) is 13.6. The van der Waals surface area contributed by atoms with Gasteiger partial charge in [0.25, 0.3) is 0 Å². The molecule has 3 atom stereocenters. The molecule has 0 aromatic rings. The van der Waals surface area contributed by atoms with Gasteiger partial charge in [-0.1, -0.05) is 25.8 Å². The van der Waals surface area contributed by atoms with Crippen LogP contribution in [0, 0.1) is 17.8 Å². The van der Waals surface area contributed by atoms with Crippen molar-refractivity contribution in [2.45, 2.75) is 64.9 Å². The van der Waals surface area contributed by atoms with Crippen LogP contribution in [-0.4, -0.2) is 12.1 Å². The molecule has 2 saturated carbocycles. The largest absolute Gasteiger partial charge is 0.459 e. The minimum absolute atomic E-state index is 0.0398. The molecule has 2 nitrogen and oxygen atoms in total. The summed E-state index contributed by atoms with van der Waals surface area (Å²) in [6.45, 7) is 7.35. The zero-order chi connectivity index (χ0) is 13.1. The molecule has 0 aromatic heterocycles. The van der Waals surface area contributed by atoms with E-state index in [2.05, 4.69) is 6.58 Å². The maximum atomic E-state index is 11.5. The molecule has 18 heavy (non-hydrogen) atoms. The van der Waals surface area contributed by atoms with Crippen LogP contribution < -0.4 is 0 Å². The van der Waals surface area contributed by atoms with E-state index in [1.165, 1.54) is 38.5 Å². The smallest absolute Gasteiger partial charge is 0.333 e. The molecular formula is C16H26O2. The quantitative estimate of drug-likeness (QED) is 0.554. The van der Waals surface area contributed by atoms with Gasteiger partial charge in [0, 0.05) is 5.57 Å². The molecule has 0 N–H and O–H groups in total. The van der Waals surface area contributed by atoms with Gasteiger partial charge in [-0.2, -0.15) is 0 Å². The molecule has 0 aliphatic heterocycles. The second kappa shape index (κ2) is 5.90. The Balaban J connectivity index is 1.79. The number of hydrogen-bond donors (Lipinski definition) is 0. The lowest BCUT2D eigenvalue weighted by Crippen LogP contribution is -2.29. The molecule has 2 aliphatic carbocycles. The molecule has 3 unspecified atom stereocenters. The lowest BCUT2D eigenvalue weighted by Gasteiger charge is -2.39. The third kappa shape index (κ3) is 3.60. The van der Waals surface area contributed by atoms with Crippen LogP contribution in [0.3, 0.4) is 0 Å². The number of carbonyl (C=O) groups is 1. The molecule has 2 rings (SSSR count). The van der Waals surface area contributed by atoms with E-state index in [9.17, 15) is 4.79 Å². The lowest BCUT2D eigenvalue weighted by molar-refractivity contribution is -0.144. The second-order valence-corrected chi connectivity index (χ2v) is 6.47. The number of hydrogen-bond acceptors (Lipinski definition) is 2. The fourth-order valence-electron chi connectivity index (χ4n) is 3.86. The Kier molecular flexibility index (Phi) is 4.47. The highest BCUT2D eigenvalue weighted by atomic mass is 16.5. The minimum Gasteiger partial charge on any atom is -0.459 e. The highest BCUT2D eigenvalue weighted by Crippen LogP contribution is 2.43. The van der Waals surface area contributed by atoms with Crippen molar-refractivity contribution in [1.82, 2.24) is 0 Å². The van der Waals surface area contributed by atoms with E-state index in [4.69, 9.17) is 4.74 Å². The van der Waals surface area contributed by atoms with Crippen LogP contribution in [0.15, 0.2) is 12.2 Å². The zero-order valence-corrected chi connectivity index (χ0v) is 11.8. The SMILES string of the molecule is C=C(C)C(=O)OC(C)CC1CC2CCCC(C2)C1. The van der Waals surface area contributed by atoms with Crippen LogP contribution in [-0.2, 0) is 9.53 Å². The maximum Gasteiger partial charge on any atom is 0.333 e. The lowest BCUT2D eigenvalue weighted by atomic mass is 9.67. The zero-order valence-electron chi connectivity index (χ0n) is 11.8. The third-order valence-electron chi connectivity index (χ3n) is 4.55. The molecular weight excluding hydrogens is 224 g/mol. The van der Waals surface area contributed by atoms with Gasteiger partial charge in [-0.15, -0.1) is 0 Å². The average molecular weight is 250 g/mol. The fourth-order valence-corrected chi connectivity index (χ4v) is 3.86.